The van der Waals surface area contributed by atoms with Crippen LogP contribution in [0.1, 0.15) is 113 Å². The second-order valence-electron chi connectivity index (χ2n) is 9.63. The summed E-state index contributed by atoms with van der Waals surface area (Å²) in [6.07, 6.45) is 10.3. The minimum atomic E-state index is -0.725. The highest BCUT2D eigenvalue weighted by molar-refractivity contribution is 5.66. The van der Waals surface area contributed by atoms with E-state index in [-0.39, 0.29) is 12.1 Å². The lowest BCUT2D eigenvalue weighted by Gasteiger charge is -2.24. The molecular weight excluding hydrogens is 436 g/mol. The van der Waals surface area contributed by atoms with E-state index < -0.39 is 11.7 Å². The molecule has 34 heavy (non-hydrogen) atoms. The van der Waals surface area contributed by atoms with Crippen LogP contribution >= 0.6 is 0 Å². The number of hydrogen-bond donors (Lipinski definition) is 2. The molecule has 202 valence electrons. The quantitative estimate of drug-likeness (QED) is 0.177. The van der Waals surface area contributed by atoms with Crippen molar-refractivity contribution in [1.82, 2.24) is 5.32 Å². The molecule has 0 saturated heterocycles. The number of hydrogen-bond acceptors (Lipinski definition) is 6. The molecule has 8 nitrogen and oxygen atoms in total. The molecule has 0 aromatic carbocycles. The highest BCUT2D eigenvalue weighted by atomic mass is 16.6. The molecule has 0 bridgehead atoms. The first-order valence-electron chi connectivity index (χ1n) is 12.6. The van der Waals surface area contributed by atoms with Gasteiger partial charge in [0.15, 0.2) is 0 Å². The number of amides is 2. The first-order valence-corrected chi connectivity index (χ1v) is 12.6. The van der Waals surface area contributed by atoms with Crippen LogP contribution in [-0.4, -0.2) is 43.0 Å². The summed E-state index contributed by atoms with van der Waals surface area (Å²) in [4.78, 5) is 40.6. The minimum Gasteiger partial charge on any atom is -0.462 e. The van der Waals surface area contributed by atoms with Gasteiger partial charge in [-0.3, -0.25) is 9.59 Å². The number of ether oxygens (including phenoxy) is 2. The summed E-state index contributed by atoms with van der Waals surface area (Å²) >= 11 is 0. The Morgan fingerprint density at radius 1 is 1.00 bits per heavy atom. The van der Waals surface area contributed by atoms with Crippen LogP contribution in [0.25, 0.3) is 0 Å². The molecule has 3 atom stereocenters. The predicted molar refractivity (Wildman–Crippen MR) is 137 cm³/mol. The smallest absolute Gasteiger partial charge is 0.405 e. The van der Waals surface area contributed by atoms with Crippen molar-refractivity contribution < 1.29 is 28.7 Å². The Balaban J connectivity index is -0.000000458. The number of nitrogens with two attached hydrogens (primary N) is 1. The van der Waals surface area contributed by atoms with E-state index in [9.17, 15) is 19.2 Å². The zero-order chi connectivity index (χ0) is 27.0. The van der Waals surface area contributed by atoms with Gasteiger partial charge < -0.3 is 25.3 Å². The molecule has 0 fully saturated rings. The van der Waals surface area contributed by atoms with E-state index in [1.807, 2.05) is 0 Å². The molecule has 0 spiro atoms. The molecule has 0 aliphatic heterocycles. The van der Waals surface area contributed by atoms with Crippen molar-refractivity contribution >= 4 is 24.8 Å². The number of carbonyl (C=O) groups is 4. The Morgan fingerprint density at radius 2 is 1.62 bits per heavy atom. The zero-order valence-corrected chi connectivity index (χ0v) is 23.0. The normalized spacial score (nSPS) is 12.9. The van der Waals surface area contributed by atoms with Gasteiger partial charge in [0.2, 0.25) is 6.41 Å². The van der Waals surface area contributed by atoms with E-state index in [1.54, 1.807) is 20.8 Å². The maximum absolute atomic E-state index is 11.0. The highest BCUT2D eigenvalue weighted by Gasteiger charge is 2.19. The molecule has 0 aromatic heterocycles. The van der Waals surface area contributed by atoms with E-state index in [2.05, 4.69) is 37.7 Å². The average Bonchev–Trinajstić information content (AvgIpc) is 2.72. The minimum absolute atomic E-state index is 0.113. The summed E-state index contributed by atoms with van der Waals surface area (Å²) in [6.45, 7) is 16.3. The Bertz CT molecular complexity index is 508. The van der Waals surface area contributed by atoms with Gasteiger partial charge in [0.25, 0.3) is 0 Å². The van der Waals surface area contributed by atoms with Crippen LogP contribution in [0, 0.1) is 11.8 Å². The summed E-state index contributed by atoms with van der Waals surface area (Å²) in [7, 11) is 0. The second-order valence-corrected chi connectivity index (χ2v) is 9.63. The monoisotopic (exact) mass is 488 g/mol. The third-order valence-corrected chi connectivity index (χ3v) is 4.95. The first kappa shape index (κ1) is 36.4. The molecule has 0 saturated carbocycles. The Kier molecular flexibility index (Phi) is 25.7. The van der Waals surface area contributed by atoms with Crippen LogP contribution in [0.15, 0.2) is 0 Å². The van der Waals surface area contributed by atoms with Gasteiger partial charge in [0, 0.05) is 19.9 Å². The third-order valence-electron chi connectivity index (χ3n) is 4.95. The molecule has 0 aromatic rings. The highest BCUT2D eigenvalue weighted by Crippen LogP contribution is 2.21. The van der Waals surface area contributed by atoms with Crippen molar-refractivity contribution in [1.29, 1.82) is 0 Å². The lowest BCUT2D eigenvalue weighted by Crippen LogP contribution is -2.27. The lowest BCUT2D eigenvalue weighted by molar-refractivity contribution is -0.149. The summed E-state index contributed by atoms with van der Waals surface area (Å²) in [6, 6.07) is 0. The molecule has 0 heterocycles. The van der Waals surface area contributed by atoms with Crippen LogP contribution in [0.4, 0.5) is 4.79 Å². The number of carbonyl (C=O) groups excluding carboxylic acids is 4. The van der Waals surface area contributed by atoms with E-state index >= 15 is 0 Å². The van der Waals surface area contributed by atoms with Crippen molar-refractivity contribution in [2.24, 2.45) is 17.6 Å². The summed E-state index contributed by atoms with van der Waals surface area (Å²) < 4.78 is 9.97. The molecule has 0 rings (SSSR count). The van der Waals surface area contributed by atoms with Crippen LogP contribution in [0.5, 0.6) is 0 Å². The number of nitrogens with one attached hydrogen (secondary N) is 1. The molecule has 0 radical (unpaired) electrons. The van der Waals surface area contributed by atoms with Crippen molar-refractivity contribution in [3.05, 3.63) is 0 Å². The first-order chi connectivity index (χ1) is 15.8. The number of aldehydes is 1. The van der Waals surface area contributed by atoms with E-state index in [4.69, 9.17) is 10.5 Å². The largest absolute Gasteiger partial charge is 0.462 e. The summed E-state index contributed by atoms with van der Waals surface area (Å²) in [5, 5.41) is 2.56. The predicted octanol–water partition coefficient (Wildman–Crippen LogP) is 5.55. The van der Waals surface area contributed by atoms with Crippen LogP contribution in [-0.2, 0) is 23.9 Å². The molecule has 0 aliphatic carbocycles. The lowest BCUT2D eigenvalue weighted by atomic mass is 9.92. The average molecular weight is 489 g/mol. The molecular formula is C26H52N2O6. The Morgan fingerprint density at radius 3 is 2.00 bits per heavy atom. The van der Waals surface area contributed by atoms with Gasteiger partial charge in [-0.2, -0.15) is 0 Å². The fourth-order valence-electron chi connectivity index (χ4n) is 3.01. The molecule has 8 heteroatoms. The number of unbranched alkanes of at least 4 members (excludes halogenated alkanes) is 3. The van der Waals surface area contributed by atoms with E-state index in [0.29, 0.717) is 18.7 Å². The standard InChI is InChI=1S/C14H28O2.C7H13NO2.C5H11NO2/c1-6-8-11(3)9-10-14(12(4)7-2)16-13(5)15;9-6-4-2-1-3-5-8-7-10;1-5(2,3)8-4(6)7/h11-12,14H,6-10H2,1-5H3;6-7H,1-5H2,(H,8,10);1-3H3,(H2,6,7)/t11-,12?,14?;;/m1../s1. The van der Waals surface area contributed by atoms with E-state index in [0.717, 1.165) is 57.3 Å². The Labute approximate surface area is 208 Å². The number of rotatable bonds is 15. The second kappa shape index (κ2) is 24.0. The molecule has 2 amide bonds. The fraction of sp³-hybridized carbons (Fsp3) is 0.846. The zero-order valence-electron chi connectivity index (χ0n) is 23.0. The van der Waals surface area contributed by atoms with Gasteiger partial charge in [-0.15, -0.1) is 0 Å². The van der Waals surface area contributed by atoms with Gasteiger partial charge in [-0.25, -0.2) is 4.79 Å². The number of primary amides is 1. The maximum atomic E-state index is 11.0. The van der Waals surface area contributed by atoms with Gasteiger partial charge in [-0.1, -0.05) is 53.4 Å². The van der Waals surface area contributed by atoms with Crippen LogP contribution < -0.4 is 11.1 Å². The van der Waals surface area contributed by atoms with Crippen molar-refractivity contribution in [2.45, 2.75) is 125 Å². The van der Waals surface area contributed by atoms with Crippen molar-refractivity contribution in [3.8, 4) is 0 Å². The number of esters is 1. The van der Waals surface area contributed by atoms with Crippen molar-refractivity contribution in [2.75, 3.05) is 6.54 Å². The molecule has 3 N–H and O–H groups in total. The van der Waals surface area contributed by atoms with Gasteiger partial charge >= 0.3 is 12.1 Å². The van der Waals surface area contributed by atoms with Gasteiger partial charge in [0.1, 0.15) is 18.0 Å². The fourth-order valence-corrected chi connectivity index (χ4v) is 3.01. The van der Waals surface area contributed by atoms with Crippen LogP contribution in [0.3, 0.4) is 0 Å². The molecule has 2 unspecified atom stereocenters. The topological polar surface area (TPSA) is 125 Å². The van der Waals surface area contributed by atoms with Gasteiger partial charge in [-0.05, 0) is 58.3 Å². The summed E-state index contributed by atoms with van der Waals surface area (Å²) in [5.74, 6) is 1.07. The molecule has 0 aliphatic rings. The van der Waals surface area contributed by atoms with Crippen LogP contribution in [0.2, 0.25) is 0 Å². The summed E-state index contributed by atoms with van der Waals surface area (Å²) in [5.41, 5.74) is 4.26. The van der Waals surface area contributed by atoms with E-state index in [1.165, 1.54) is 19.8 Å². The SMILES string of the molecule is CC(C)(C)OC(N)=O.CCC[C@@H](C)CCC(OC(C)=O)C(C)CC.O=CCCCCCNC=O. The third kappa shape index (κ3) is 32.1. The van der Waals surface area contributed by atoms with Crippen molar-refractivity contribution in [3.63, 3.8) is 0 Å². The Hall–Kier alpha value is -2.12. The van der Waals surface area contributed by atoms with Gasteiger partial charge in [0.05, 0.1) is 0 Å². The maximum Gasteiger partial charge on any atom is 0.405 e.